The number of ketones is 1. The summed E-state index contributed by atoms with van der Waals surface area (Å²) >= 11 is 1.28. The zero-order chi connectivity index (χ0) is 16.4. The zero-order valence-electron chi connectivity index (χ0n) is 13.2. The van der Waals surface area contributed by atoms with Crippen molar-refractivity contribution in [1.82, 2.24) is 4.90 Å². The molecule has 2 aromatic rings. The van der Waals surface area contributed by atoms with Crippen molar-refractivity contribution in [3.8, 4) is 5.75 Å². The summed E-state index contributed by atoms with van der Waals surface area (Å²) in [5.41, 5.74) is 1.08. The zero-order valence-corrected chi connectivity index (χ0v) is 14.1. The Morgan fingerprint density at radius 2 is 1.78 bits per heavy atom. The molecule has 0 N–H and O–H groups in total. The molecule has 0 radical (unpaired) electrons. The van der Waals surface area contributed by atoms with Crippen molar-refractivity contribution in [2.24, 2.45) is 0 Å². The van der Waals surface area contributed by atoms with Gasteiger partial charge in [0.1, 0.15) is 5.75 Å². The topological polar surface area (TPSA) is 46.6 Å². The van der Waals surface area contributed by atoms with Crippen molar-refractivity contribution in [1.29, 1.82) is 0 Å². The van der Waals surface area contributed by atoms with E-state index in [2.05, 4.69) is 0 Å². The number of ether oxygens (including phenoxy) is 1. The SMILES string of the molecule is COc1ccc(CN(C(=O)c2ccc(C(C)=O)s2)C2CC2)cc1. The fraction of sp³-hybridized carbons (Fsp3) is 0.333. The van der Waals surface area contributed by atoms with E-state index in [0.717, 1.165) is 24.2 Å². The molecule has 1 aromatic carbocycles. The van der Waals surface area contributed by atoms with Crippen LogP contribution in [-0.2, 0) is 6.54 Å². The van der Waals surface area contributed by atoms with Gasteiger partial charge in [0.25, 0.3) is 5.91 Å². The molecule has 1 heterocycles. The number of hydrogen-bond acceptors (Lipinski definition) is 4. The van der Waals surface area contributed by atoms with Gasteiger partial charge in [-0.05, 0) is 49.6 Å². The number of methoxy groups -OCH3 is 1. The van der Waals surface area contributed by atoms with Gasteiger partial charge < -0.3 is 9.64 Å². The minimum absolute atomic E-state index is 0.00202. The molecule has 1 amide bonds. The Kier molecular flexibility index (Phi) is 4.48. The van der Waals surface area contributed by atoms with E-state index in [4.69, 9.17) is 4.74 Å². The molecular weight excluding hydrogens is 310 g/mol. The van der Waals surface area contributed by atoms with Gasteiger partial charge in [-0.1, -0.05) is 12.1 Å². The summed E-state index contributed by atoms with van der Waals surface area (Å²) in [6.45, 7) is 2.11. The van der Waals surface area contributed by atoms with Gasteiger partial charge >= 0.3 is 0 Å². The van der Waals surface area contributed by atoms with E-state index in [1.54, 1.807) is 19.2 Å². The third-order valence-corrected chi connectivity index (χ3v) is 5.10. The van der Waals surface area contributed by atoms with Crippen molar-refractivity contribution < 1.29 is 14.3 Å². The Balaban J connectivity index is 1.77. The van der Waals surface area contributed by atoms with Crippen LogP contribution in [0.2, 0.25) is 0 Å². The smallest absolute Gasteiger partial charge is 0.264 e. The summed E-state index contributed by atoms with van der Waals surface area (Å²) in [4.78, 5) is 27.4. The molecule has 1 fully saturated rings. The average Bonchev–Trinajstić information content (AvgIpc) is 3.27. The lowest BCUT2D eigenvalue weighted by atomic mass is 10.2. The molecule has 120 valence electrons. The van der Waals surface area contributed by atoms with Crippen LogP contribution >= 0.6 is 11.3 Å². The average molecular weight is 329 g/mol. The van der Waals surface area contributed by atoms with E-state index in [1.807, 2.05) is 29.2 Å². The number of Topliss-reactive ketones (excluding diaryl/α,β-unsaturated/α-hetero) is 1. The van der Waals surface area contributed by atoms with Crippen molar-refractivity contribution >= 4 is 23.0 Å². The predicted molar refractivity (Wildman–Crippen MR) is 90.2 cm³/mol. The third-order valence-electron chi connectivity index (χ3n) is 3.92. The summed E-state index contributed by atoms with van der Waals surface area (Å²) in [5.74, 6) is 0.824. The first-order valence-corrected chi connectivity index (χ1v) is 8.45. The third kappa shape index (κ3) is 3.62. The van der Waals surface area contributed by atoms with Crippen LogP contribution in [0.1, 0.15) is 44.7 Å². The summed E-state index contributed by atoms with van der Waals surface area (Å²) < 4.78 is 5.17. The molecule has 5 heteroatoms. The Morgan fingerprint density at radius 3 is 2.30 bits per heavy atom. The lowest BCUT2D eigenvalue weighted by molar-refractivity contribution is 0.0734. The number of carbonyl (C=O) groups is 2. The van der Waals surface area contributed by atoms with E-state index in [-0.39, 0.29) is 11.7 Å². The molecule has 23 heavy (non-hydrogen) atoms. The Bertz CT molecular complexity index is 716. The number of hydrogen-bond donors (Lipinski definition) is 0. The van der Waals surface area contributed by atoms with Gasteiger partial charge in [0, 0.05) is 12.6 Å². The quantitative estimate of drug-likeness (QED) is 0.758. The molecule has 0 bridgehead atoms. The standard InChI is InChI=1S/C18H19NO3S/c1-12(20)16-9-10-17(23-16)18(21)19(14-5-6-14)11-13-3-7-15(22-2)8-4-13/h3-4,7-10,14H,5-6,11H2,1-2H3. The highest BCUT2D eigenvalue weighted by atomic mass is 32.1. The second-order valence-electron chi connectivity index (χ2n) is 5.73. The molecule has 1 aliphatic carbocycles. The van der Waals surface area contributed by atoms with Crippen LogP contribution in [0.15, 0.2) is 36.4 Å². The molecule has 0 saturated heterocycles. The van der Waals surface area contributed by atoms with Gasteiger partial charge in [-0.2, -0.15) is 0 Å². The van der Waals surface area contributed by atoms with Crippen LogP contribution < -0.4 is 4.74 Å². The second-order valence-corrected chi connectivity index (χ2v) is 6.82. The molecule has 0 spiro atoms. The van der Waals surface area contributed by atoms with E-state index >= 15 is 0 Å². The van der Waals surface area contributed by atoms with Crippen molar-refractivity contribution in [3.63, 3.8) is 0 Å². The molecular formula is C18H19NO3S. The second kappa shape index (κ2) is 6.54. The number of rotatable bonds is 6. The summed E-state index contributed by atoms with van der Waals surface area (Å²) in [6, 6.07) is 11.6. The predicted octanol–water partition coefficient (Wildman–Crippen LogP) is 3.76. The van der Waals surface area contributed by atoms with Crippen molar-refractivity contribution in [2.75, 3.05) is 7.11 Å². The minimum Gasteiger partial charge on any atom is -0.497 e. The molecule has 0 atom stereocenters. The maximum atomic E-state index is 12.8. The normalized spacial score (nSPS) is 13.7. The highest BCUT2D eigenvalue weighted by Crippen LogP contribution is 2.31. The highest BCUT2D eigenvalue weighted by molar-refractivity contribution is 7.15. The van der Waals surface area contributed by atoms with Gasteiger partial charge in [-0.25, -0.2) is 0 Å². The molecule has 3 rings (SSSR count). The van der Waals surface area contributed by atoms with Gasteiger partial charge in [-0.3, -0.25) is 9.59 Å². The molecule has 0 aliphatic heterocycles. The highest BCUT2D eigenvalue weighted by Gasteiger charge is 2.33. The number of benzene rings is 1. The van der Waals surface area contributed by atoms with E-state index in [1.165, 1.54) is 18.3 Å². The van der Waals surface area contributed by atoms with Gasteiger partial charge in [0.05, 0.1) is 16.9 Å². The van der Waals surface area contributed by atoms with Crippen LogP contribution in [-0.4, -0.2) is 29.7 Å². The maximum absolute atomic E-state index is 12.8. The first-order chi connectivity index (χ1) is 11.1. The van der Waals surface area contributed by atoms with Gasteiger partial charge in [-0.15, -0.1) is 11.3 Å². The van der Waals surface area contributed by atoms with Gasteiger partial charge in [0.15, 0.2) is 5.78 Å². The first kappa shape index (κ1) is 15.7. The Morgan fingerprint density at radius 1 is 1.13 bits per heavy atom. The molecule has 4 nitrogen and oxygen atoms in total. The Labute approximate surface area is 139 Å². The summed E-state index contributed by atoms with van der Waals surface area (Å²) in [6.07, 6.45) is 2.10. The molecule has 1 aromatic heterocycles. The summed E-state index contributed by atoms with van der Waals surface area (Å²) in [5, 5.41) is 0. The van der Waals surface area contributed by atoms with E-state index < -0.39 is 0 Å². The van der Waals surface area contributed by atoms with Crippen LogP contribution in [0.5, 0.6) is 5.75 Å². The van der Waals surface area contributed by atoms with Crippen LogP contribution in [0.4, 0.5) is 0 Å². The minimum atomic E-state index is 0.00202. The lowest BCUT2D eigenvalue weighted by Crippen LogP contribution is -2.32. The van der Waals surface area contributed by atoms with Crippen molar-refractivity contribution in [3.05, 3.63) is 51.7 Å². The monoisotopic (exact) mass is 329 g/mol. The summed E-state index contributed by atoms with van der Waals surface area (Å²) in [7, 11) is 1.64. The number of thiophene rings is 1. The van der Waals surface area contributed by atoms with Crippen LogP contribution in [0.3, 0.4) is 0 Å². The Hall–Kier alpha value is -2.14. The first-order valence-electron chi connectivity index (χ1n) is 7.63. The van der Waals surface area contributed by atoms with Crippen LogP contribution in [0.25, 0.3) is 0 Å². The van der Waals surface area contributed by atoms with Crippen molar-refractivity contribution in [2.45, 2.75) is 32.4 Å². The van der Waals surface area contributed by atoms with E-state index in [9.17, 15) is 9.59 Å². The largest absolute Gasteiger partial charge is 0.497 e. The molecule has 1 saturated carbocycles. The molecule has 0 unspecified atom stereocenters. The number of nitrogens with zero attached hydrogens (tertiary/aromatic N) is 1. The molecule has 1 aliphatic rings. The number of carbonyl (C=O) groups excluding carboxylic acids is 2. The van der Waals surface area contributed by atoms with E-state index in [0.29, 0.717) is 22.3 Å². The fourth-order valence-electron chi connectivity index (χ4n) is 2.46. The van der Waals surface area contributed by atoms with Crippen LogP contribution in [0, 0.1) is 0 Å². The fourth-order valence-corrected chi connectivity index (χ4v) is 3.32. The number of amides is 1. The maximum Gasteiger partial charge on any atom is 0.264 e. The van der Waals surface area contributed by atoms with Gasteiger partial charge in [0.2, 0.25) is 0 Å². The lowest BCUT2D eigenvalue weighted by Gasteiger charge is -2.22.